The second-order valence-corrected chi connectivity index (χ2v) is 5.66. The van der Waals surface area contributed by atoms with Gasteiger partial charge in [-0.1, -0.05) is 12.1 Å². The highest BCUT2D eigenvalue weighted by atomic mass is 16.6. The Morgan fingerprint density at radius 2 is 1.82 bits per heavy atom. The molecule has 0 fully saturated rings. The van der Waals surface area contributed by atoms with E-state index in [1.165, 1.54) is 38.3 Å². The number of anilines is 1. The summed E-state index contributed by atoms with van der Waals surface area (Å²) in [5.41, 5.74) is 1.28. The van der Waals surface area contributed by atoms with E-state index in [1.54, 1.807) is 18.2 Å². The lowest BCUT2D eigenvalue weighted by molar-refractivity contribution is -0.149. The van der Waals surface area contributed by atoms with Gasteiger partial charge >= 0.3 is 5.97 Å². The number of methoxy groups -OCH3 is 1. The number of amides is 1. The number of aldehydes is 1. The Balaban J connectivity index is 1.82. The molecule has 0 unspecified atom stereocenters. The average molecular weight is 385 g/mol. The number of benzene rings is 2. The van der Waals surface area contributed by atoms with Crippen molar-refractivity contribution in [1.29, 1.82) is 0 Å². The van der Waals surface area contributed by atoms with E-state index >= 15 is 0 Å². The number of ketones is 1. The van der Waals surface area contributed by atoms with Gasteiger partial charge in [-0.3, -0.25) is 14.4 Å². The van der Waals surface area contributed by atoms with E-state index in [0.29, 0.717) is 28.8 Å². The zero-order valence-corrected chi connectivity index (χ0v) is 15.4. The maximum Gasteiger partial charge on any atom is 0.344 e. The van der Waals surface area contributed by atoms with Crippen molar-refractivity contribution in [3.8, 4) is 11.5 Å². The molecule has 0 saturated heterocycles. The molecule has 0 aliphatic heterocycles. The SMILES string of the molecule is COc1cc(C=O)ccc1OCC(=O)OCC(=O)Nc1cccc(C(C)=O)c1. The fourth-order valence-electron chi connectivity index (χ4n) is 2.21. The summed E-state index contributed by atoms with van der Waals surface area (Å²) in [6.45, 7) is 0.474. The first kappa shape index (κ1) is 20.6. The normalized spacial score (nSPS) is 9.93. The Kier molecular flexibility index (Phi) is 7.27. The van der Waals surface area contributed by atoms with Crippen molar-refractivity contribution in [2.45, 2.75) is 6.92 Å². The zero-order chi connectivity index (χ0) is 20.5. The molecule has 0 bridgehead atoms. The van der Waals surface area contributed by atoms with Crippen LogP contribution in [-0.4, -0.2) is 44.3 Å². The fourth-order valence-corrected chi connectivity index (χ4v) is 2.21. The molecule has 0 atom stereocenters. The first-order valence-electron chi connectivity index (χ1n) is 8.25. The summed E-state index contributed by atoms with van der Waals surface area (Å²) >= 11 is 0. The van der Waals surface area contributed by atoms with Gasteiger partial charge in [0, 0.05) is 16.8 Å². The number of carbonyl (C=O) groups excluding carboxylic acids is 4. The van der Waals surface area contributed by atoms with Crippen LogP contribution in [0.5, 0.6) is 11.5 Å². The van der Waals surface area contributed by atoms with Crippen molar-refractivity contribution in [2.24, 2.45) is 0 Å². The molecule has 146 valence electrons. The highest BCUT2D eigenvalue weighted by Gasteiger charge is 2.12. The predicted molar refractivity (Wildman–Crippen MR) is 99.9 cm³/mol. The van der Waals surface area contributed by atoms with Gasteiger partial charge in [0.15, 0.2) is 30.5 Å². The maximum atomic E-state index is 11.9. The van der Waals surface area contributed by atoms with Crippen LogP contribution in [-0.2, 0) is 14.3 Å². The summed E-state index contributed by atoms with van der Waals surface area (Å²) in [5, 5.41) is 2.53. The minimum atomic E-state index is -0.755. The van der Waals surface area contributed by atoms with E-state index < -0.39 is 25.1 Å². The number of Topliss-reactive ketones (excluding diaryl/α,β-unsaturated/α-hetero) is 1. The molecular formula is C20H19NO7. The standard InChI is InChI=1S/C20H19NO7/c1-13(23)15-4-3-5-16(9-15)21-19(24)11-28-20(25)12-27-17-7-6-14(10-22)8-18(17)26-2/h3-10H,11-12H2,1-2H3,(H,21,24). The Hall–Kier alpha value is -3.68. The smallest absolute Gasteiger partial charge is 0.344 e. The molecule has 0 heterocycles. The molecule has 2 rings (SSSR count). The van der Waals surface area contributed by atoms with E-state index in [1.807, 2.05) is 0 Å². The highest BCUT2D eigenvalue weighted by Crippen LogP contribution is 2.27. The van der Waals surface area contributed by atoms with Gasteiger partial charge in [0.1, 0.15) is 6.29 Å². The lowest BCUT2D eigenvalue weighted by Gasteiger charge is -2.11. The Labute approximate surface area is 161 Å². The lowest BCUT2D eigenvalue weighted by Crippen LogP contribution is -2.23. The maximum absolute atomic E-state index is 11.9. The minimum Gasteiger partial charge on any atom is -0.493 e. The van der Waals surface area contributed by atoms with Crippen molar-refractivity contribution in [2.75, 3.05) is 25.6 Å². The highest BCUT2D eigenvalue weighted by molar-refractivity contribution is 5.97. The van der Waals surface area contributed by atoms with Crippen molar-refractivity contribution >= 4 is 29.6 Å². The lowest BCUT2D eigenvalue weighted by atomic mass is 10.1. The molecule has 0 aliphatic carbocycles. The van der Waals surface area contributed by atoms with Crippen molar-refractivity contribution < 1.29 is 33.4 Å². The number of carbonyl (C=O) groups is 4. The van der Waals surface area contributed by atoms with Crippen LogP contribution in [0.15, 0.2) is 42.5 Å². The molecule has 8 nitrogen and oxygen atoms in total. The second-order valence-electron chi connectivity index (χ2n) is 5.66. The van der Waals surface area contributed by atoms with Crippen LogP contribution in [0.4, 0.5) is 5.69 Å². The minimum absolute atomic E-state index is 0.128. The second kappa shape index (κ2) is 9.86. The topological polar surface area (TPSA) is 108 Å². The number of hydrogen-bond acceptors (Lipinski definition) is 7. The van der Waals surface area contributed by atoms with Crippen molar-refractivity contribution in [1.82, 2.24) is 0 Å². The van der Waals surface area contributed by atoms with Gasteiger partial charge in [-0.25, -0.2) is 4.79 Å². The van der Waals surface area contributed by atoms with Crippen LogP contribution in [0.3, 0.4) is 0 Å². The van der Waals surface area contributed by atoms with Gasteiger partial charge in [-0.2, -0.15) is 0 Å². The number of esters is 1. The molecule has 8 heteroatoms. The predicted octanol–water partition coefficient (Wildman–Crippen LogP) is 2.27. The van der Waals surface area contributed by atoms with E-state index in [4.69, 9.17) is 14.2 Å². The molecule has 1 N–H and O–H groups in total. The van der Waals surface area contributed by atoms with Crippen LogP contribution >= 0.6 is 0 Å². The molecule has 0 aliphatic rings. The van der Waals surface area contributed by atoms with Crippen molar-refractivity contribution in [3.05, 3.63) is 53.6 Å². The number of ether oxygens (including phenoxy) is 3. The summed E-state index contributed by atoms with van der Waals surface area (Å²) < 4.78 is 15.2. The molecule has 2 aromatic rings. The molecule has 0 aromatic heterocycles. The first-order chi connectivity index (χ1) is 13.4. The third kappa shape index (κ3) is 5.94. The van der Waals surface area contributed by atoms with Crippen LogP contribution in [0.25, 0.3) is 0 Å². The monoisotopic (exact) mass is 385 g/mol. The van der Waals surface area contributed by atoms with Crippen molar-refractivity contribution in [3.63, 3.8) is 0 Å². The molecule has 2 aromatic carbocycles. The number of rotatable bonds is 9. The van der Waals surface area contributed by atoms with Gasteiger partial charge in [-0.05, 0) is 37.3 Å². The number of hydrogen-bond donors (Lipinski definition) is 1. The average Bonchev–Trinajstić information content (AvgIpc) is 2.70. The molecule has 0 spiro atoms. The summed E-state index contributed by atoms with van der Waals surface area (Å²) in [6, 6.07) is 10.9. The quantitative estimate of drug-likeness (QED) is 0.401. The molecular weight excluding hydrogens is 366 g/mol. The van der Waals surface area contributed by atoms with Gasteiger partial charge < -0.3 is 19.5 Å². The Morgan fingerprint density at radius 3 is 2.50 bits per heavy atom. The number of nitrogens with one attached hydrogen (secondary N) is 1. The molecule has 0 saturated carbocycles. The summed E-state index contributed by atoms with van der Waals surface area (Å²) in [4.78, 5) is 45.8. The largest absolute Gasteiger partial charge is 0.493 e. The van der Waals surface area contributed by atoms with Gasteiger partial charge in [0.2, 0.25) is 0 Å². The van der Waals surface area contributed by atoms with Crippen LogP contribution in [0.1, 0.15) is 27.6 Å². The summed E-state index contributed by atoms with van der Waals surface area (Å²) in [5.74, 6) is -0.886. The van der Waals surface area contributed by atoms with Crippen LogP contribution in [0, 0.1) is 0 Å². The van der Waals surface area contributed by atoms with E-state index in [0.717, 1.165) is 0 Å². The van der Waals surface area contributed by atoms with E-state index in [9.17, 15) is 19.2 Å². The van der Waals surface area contributed by atoms with Crippen LogP contribution in [0.2, 0.25) is 0 Å². The molecule has 0 radical (unpaired) electrons. The van der Waals surface area contributed by atoms with Gasteiger partial charge in [0.25, 0.3) is 5.91 Å². The molecule has 1 amide bonds. The van der Waals surface area contributed by atoms with E-state index in [-0.39, 0.29) is 11.5 Å². The zero-order valence-electron chi connectivity index (χ0n) is 15.4. The summed E-state index contributed by atoms with van der Waals surface area (Å²) in [6.07, 6.45) is 0.658. The fraction of sp³-hybridized carbons (Fsp3) is 0.200. The summed E-state index contributed by atoms with van der Waals surface area (Å²) in [7, 11) is 1.40. The Bertz CT molecular complexity index is 892. The van der Waals surface area contributed by atoms with Gasteiger partial charge in [-0.15, -0.1) is 0 Å². The Morgan fingerprint density at radius 1 is 1.04 bits per heavy atom. The third-order valence-electron chi connectivity index (χ3n) is 3.59. The molecule has 28 heavy (non-hydrogen) atoms. The van der Waals surface area contributed by atoms with E-state index in [2.05, 4.69) is 5.32 Å². The van der Waals surface area contributed by atoms with Gasteiger partial charge in [0.05, 0.1) is 7.11 Å². The van der Waals surface area contributed by atoms with Crippen LogP contribution < -0.4 is 14.8 Å². The third-order valence-corrected chi connectivity index (χ3v) is 3.59. The first-order valence-corrected chi connectivity index (χ1v) is 8.25.